The number of rotatable bonds is 24. The number of unbranched alkanes of at least 4 members (excludes halogenated alkanes) is 1. The molecule has 91 heavy (non-hydrogen) atoms. The maximum absolute atomic E-state index is 14.7. The van der Waals surface area contributed by atoms with E-state index in [0.29, 0.717) is 31.2 Å². The molecule has 1 saturated heterocycles. The minimum atomic E-state index is -2.00. The zero-order valence-corrected chi connectivity index (χ0v) is 55.7. The van der Waals surface area contributed by atoms with E-state index >= 15 is 0 Å². The van der Waals surface area contributed by atoms with Gasteiger partial charge in [0.1, 0.15) is 47.2 Å². The second kappa shape index (κ2) is 34.1. The van der Waals surface area contributed by atoms with Crippen molar-refractivity contribution in [1.29, 1.82) is 0 Å². The second-order valence-corrected chi connectivity index (χ2v) is 24.5. The van der Waals surface area contributed by atoms with Crippen LogP contribution < -0.4 is 42.0 Å². The lowest BCUT2D eigenvalue weighted by Gasteiger charge is -2.43. The molecule has 4 bridgehead atoms. The van der Waals surface area contributed by atoms with E-state index in [0.717, 1.165) is 10.5 Å². The Morgan fingerprint density at radius 2 is 1.73 bits per heavy atom. The molecule has 27 heteroatoms. The summed E-state index contributed by atoms with van der Waals surface area (Å²) >= 11 is 10.0. The minimum Gasteiger partial charge on any atom is -0.495 e. The molecule has 5 rings (SSSR count). The number of amides is 8. The number of alkyl carbamates (subject to hydrolysis) is 1. The predicted molar refractivity (Wildman–Crippen MR) is 345 cm³/mol. The SMILES string of the molecule is C=C(CBr)C(=O)OC(C)CCCCC(=O)N[C@H](C(=O)N[C@@H](CCCNC(N)=O)C(=O)Nc1ccc(C(=O)N(C)[C@@H](C)C(=O)O[C@H]2CC(=O)N(C)c3cc(cc(OC)c3Cl)C/C(C)=C/C=C/[C@@H](OC)[C@@]3(O)C[C@H](OC(=O)N3)[C@@H](C)[C@H](O)C2C)c2cccnc12)C(C)C. The number of nitrogens with one attached hydrogen (secondary N) is 5. The van der Waals surface area contributed by atoms with Crippen molar-refractivity contribution in [3.63, 3.8) is 0 Å². The number of aromatic nitrogens is 1. The van der Waals surface area contributed by atoms with Gasteiger partial charge < -0.3 is 70.7 Å². The quantitative estimate of drug-likeness (QED) is 0.0153. The first kappa shape index (κ1) is 74.1. The van der Waals surface area contributed by atoms with Crippen molar-refractivity contribution >= 4 is 103 Å². The lowest BCUT2D eigenvalue weighted by atomic mass is 9.81. The summed E-state index contributed by atoms with van der Waals surface area (Å²) in [4.78, 5) is 129. The number of primary amides is 1. The smallest absolute Gasteiger partial charge is 0.409 e. The number of esters is 2. The van der Waals surface area contributed by atoms with Gasteiger partial charge in [0.25, 0.3) is 5.91 Å². The van der Waals surface area contributed by atoms with E-state index in [1.165, 1.54) is 58.5 Å². The first-order chi connectivity index (χ1) is 42.9. The number of allylic oxidation sites excluding steroid dienone is 3. The number of fused-ring (bicyclic) bond motifs is 5. The van der Waals surface area contributed by atoms with Gasteiger partial charge in [-0.3, -0.25) is 34.3 Å². The zero-order chi connectivity index (χ0) is 67.6. The Kier molecular flexibility index (Phi) is 27.8. The molecule has 0 saturated carbocycles. The molecule has 498 valence electrons. The van der Waals surface area contributed by atoms with E-state index in [1.54, 1.807) is 77.1 Å². The van der Waals surface area contributed by atoms with E-state index in [9.17, 15) is 53.4 Å². The zero-order valence-electron chi connectivity index (χ0n) is 53.4. The van der Waals surface area contributed by atoms with Crippen molar-refractivity contribution < 1.29 is 77.0 Å². The van der Waals surface area contributed by atoms with E-state index in [2.05, 4.69) is 54.1 Å². The molecule has 11 atom stereocenters. The molecular formula is C64H87BrClN9O16. The fourth-order valence-electron chi connectivity index (χ4n) is 10.6. The van der Waals surface area contributed by atoms with Crippen LogP contribution in [-0.4, -0.2) is 168 Å². The van der Waals surface area contributed by atoms with Crippen LogP contribution in [-0.2, 0) is 54.1 Å². The number of halogens is 2. The number of anilines is 2. The van der Waals surface area contributed by atoms with Gasteiger partial charge >= 0.3 is 24.1 Å². The van der Waals surface area contributed by atoms with Gasteiger partial charge in [0, 0.05) is 80.5 Å². The molecule has 2 aliphatic heterocycles. The fourth-order valence-corrected chi connectivity index (χ4v) is 11.1. The number of ether oxygens (including phenoxy) is 5. The van der Waals surface area contributed by atoms with E-state index in [1.807, 2.05) is 6.92 Å². The predicted octanol–water partition coefficient (Wildman–Crippen LogP) is 6.67. The van der Waals surface area contributed by atoms with E-state index in [4.69, 9.17) is 41.0 Å². The van der Waals surface area contributed by atoms with Crippen molar-refractivity contribution in [3.05, 3.63) is 94.7 Å². The van der Waals surface area contributed by atoms with Crippen LogP contribution >= 0.6 is 27.5 Å². The first-order valence-electron chi connectivity index (χ1n) is 30.1. The molecule has 1 aromatic heterocycles. The van der Waals surface area contributed by atoms with Crippen molar-refractivity contribution in [2.45, 2.75) is 161 Å². The first-order valence-corrected chi connectivity index (χ1v) is 31.6. The summed E-state index contributed by atoms with van der Waals surface area (Å²) in [5.74, 6) is -6.66. The number of urea groups is 1. The maximum Gasteiger partial charge on any atom is 0.409 e. The third-order valence-electron chi connectivity index (χ3n) is 16.3. The number of nitrogens with two attached hydrogens (primary N) is 1. The van der Waals surface area contributed by atoms with Crippen molar-refractivity contribution in [2.75, 3.05) is 50.4 Å². The summed E-state index contributed by atoms with van der Waals surface area (Å²) in [5.41, 5.74) is 5.77. The summed E-state index contributed by atoms with van der Waals surface area (Å²) in [6.07, 6.45) is 1.42. The largest absolute Gasteiger partial charge is 0.495 e. The number of alkyl halides is 1. The number of pyridine rings is 1. The van der Waals surface area contributed by atoms with Gasteiger partial charge in [-0.2, -0.15) is 0 Å². The number of hydrogen-bond donors (Lipinski definition) is 8. The third-order valence-corrected chi connectivity index (χ3v) is 17.3. The monoisotopic (exact) mass is 1350 g/mol. The average Bonchev–Trinajstić information content (AvgIpc) is 1.06. The van der Waals surface area contributed by atoms with E-state index in [-0.39, 0.29) is 81.7 Å². The number of benzene rings is 2. The molecule has 0 radical (unpaired) electrons. The van der Waals surface area contributed by atoms with Crippen molar-refractivity contribution in [3.8, 4) is 5.75 Å². The lowest BCUT2D eigenvalue weighted by molar-refractivity contribution is -0.165. The van der Waals surface area contributed by atoms with Crippen LogP contribution in [0.15, 0.2) is 78.5 Å². The normalized spacial score (nSPS) is 22.7. The highest BCUT2D eigenvalue weighted by atomic mass is 79.9. The highest BCUT2D eigenvalue weighted by Crippen LogP contribution is 2.38. The van der Waals surface area contributed by atoms with Crippen LogP contribution in [0.4, 0.5) is 21.0 Å². The Balaban J connectivity index is 1.38. The van der Waals surface area contributed by atoms with Crippen LogP contribution in [0.2, 0.25) is 5.02 Å². The topological polar surface area (TPSA) is 346 Å². The Hall–Kier alpha value is -7.65. The number of aliphatic hydroxyl groups is 2. The van der Waals surface area contributed by atoms with Crippen LogP contribution in [0.1, 0.15) is 116 Å². The Morgan fingerprint density at radius 3 is 2.38 bits per heavy atom. The van der Waals surface area contributed by atoms with Gasteiger partial charge in [-0.25, -0.2) is 19.2 Å². The van der Waals surface area contributed by atoms with E-state index < -0.39 is 132 Å². The maximum atomic E-state index is 14.7. The van der Waals surface area contributed by atoms with Crippen molar-refractivity contribution in [1.82, 2.24) is 31.2 Å². The molecule has 0 spiro atoms. The Morgan fingerprint density at radius 1 is 1.01 bits per heavy atom. The number of nitrogens with zero attached hydrogens (tertiary/aromatic N) is 3. The summed E-state index contributed by atoms with van der Waals surface area (Å²) in [6, 6.07) is 5.04. The van der Waals surface area contributed by atoms with Gasteiger partial charge in [0.2, 0.25) is 23.6 Å². The number of hydrogen-bond acceptors (Lipinski definition) is 17. The molecule has 0 aliphatic carbocycles. The van der Waals surface area contributed by atoms with Crippen molar-refractivity contribution in [2.24, 2.45) is 23.5 Å². The van der Waals surface area contributed by atoms with Crippen LogP contribution in [0.3, 0.4) is 0 Å². The van der Waals surface area contributed by atoms with Crippen LogP contribution in [0.25, 0.3) is 10.9 Å². The Bertz CT molecular complexity index is 3220. The van der Waals surface area contributed by atoms with Gasteiger partial charge in [-0.05, 0) is 101 Å². The molecule has 3 aromatic rings. The number of methoxy groups -OCH3 is 2. The molecule has 2 aliphatic rings. The standard InChI is InChI=1S/C64H87BrClN9O16/c1-34(2)54(72-51(76)23-14-13-19-37(5)89-60(82)36(4)33-65)58(80)71-45(21-17-27-69-62(67)84)57(79)70-44-25-24-43(42-20-16-26-68-55(42)44)59(81)74(9)40(8)61(83)90-47-31-52(77)75(10)46-29-41(30-48(87-11)53(46)66)28-35(3)18-15-22-50(88-12)64(86)32-49(91-63(85)73-64)39(7)56(78)38(47)6/h15-16,18,20,22,24-26,29-30,34,37-40,45,47,49-50,54,56,78,86H,4,13-14,17,19,21,23,27-28,31-33H2,1-3,5-12H3,(H,70,79)(H,71,80)(H,72,76)(H,73,85)(H3,67,69,84)/b22-15+,35-18+/t37?,38?,39-,40+,45+,47+,49+,50-,54+,56-,64+/m1/s1. The summed E-state index contributed by atoms with van der Waals surface area (Å²) < 4.78 is 28.5. The van der Waals surface area contributed by atoms with Gasteiger partial charge in [0.15, 0.2) is 5.72 Å². The third kappa shape index (κ3) is 20.2. The minimum absolute atomic E-state index is 0.00597. The number of carbonyl (C=O) groups is 9. The summed E-state index contributed by atoms with van der Waals surface area (Å²) in [6.45, 7) is 15.4. The highest BCUT2D eigenvalue weighted by molar-refractivity contribution is 9.09. The molecule has 25 nitrogen and oxygen atoms in total. The fraction of sp³-hybridized carbons (Fsp3) is 0.531. The molecular weight excluding hydrogens is 1270 g/mol. The van der Waals surface area contributed by atoms with Crippen LogP contribution in [0.5, 0.6) is 5.75 Å². The van der Waals surface area contributed by atoms with Gasteiger partial charge in [-0.15, -0.1) is 0 Å². The molecule has 2 unspecified atom stereocenters. The molecule has 2 aromatic carbocycles. The Labute approximate surface area is 544 Å². The highest BCUT2D eigenvalue weighted by Gasteiger charge is 2.49. The number of carbonyl (C=O) groups excluding carboxylic acids is 9. The van der Waals surface area contributed by atoms with Gasteiger partial charge in [0.05, 0.1) is 42.6 Å². The molecule has 1 fully saturated rings. The lowest BCUT2D eigenvalue weighted by Crippen LogP contribution is -2.64. The average molecular weight is 1350 g/mol. The number of likely N-dealkylation sites (N-methyl/N-ethyl adjacent to an activating group) is 1. The summed E-state index contributed by atoms with van der Waals surface area (Å²) in [7, 11) is 5.66. The summed E-state index contributed by atoms with van der Waals surface area (Å²) in [5, 5.41) is 38.0. The molecule has 9 N–H and O–H groups in total. The van der Waals surface area contributed by atoms with Gasteiger partial charge in [-0.1, -0.05) is 91.7 Å². The molecule has 8 amide bonds. The van der Waals surface area contributed by atoms with Crippen LogP contribution in [0, 0.1) is 17.8 Å². The second-order valence-electron chi connectivity index (χ2n) is 23.5. The molecule has 3 heterocycles. The number of aliphatic hydroxyl groups excluding tert-OH is 1.